The Hall–Kier alpha value is -1.39. The summed E-state index contributed by atoms with van der Waals surface area (Å²) < 4.78 is 5.37. The lowest BCUT2D eigenvalue weighted by Gasteiger charge is -2.02. The fraction of sp³-hybridized carbons (Fsp3) is 0.308. The minimum Gasteiger partial charge on any atom is -0.507 e. The van der Waals surface area contributed by atoms with Crippen LogP contribution in [0.3, 0.4) is 0 Å². The maximum atomic E-state index is 9.78. The molecule has 88 valence electrons. The van der Waals surface area contributed by atoms with E-state index in [9.17, 15) is 5.11 Å². The average Bonchev–Trinajstić information content (AvgIpc) is 3.00. The summed E-state index contributed by atoms with van der Waals surface area (Å²) in [5.74, 6) is 0.710. The second-order valence-electron chi connectivity index (χ2n) is 4.16. The minimum atomic E-state index is 0.288. The summed E-state index contributed by atoms with van der Waals surface area (Å²) in [6.45, 7) is 1.60. The molecule has 1 unspecified atom stereocenters. The molecular formula is C13H13NO2S. The number of para-hydroxylation sites is 1. The third-order valence-corrected chi connectivity index (χ3v) is 3.90. The molecule has 1 aliphatic heterocycles. The van der Waals surface area contributed by atoms with Crippen LogP contribution in [0.4, 0.5) is 0 Å². The summed E-state index contributed by atoms with van der Waals surface area (Å²) >= 11 is 1.58. The van der Waals surface area contributed by atoms with Gasteiger partial charge in [-0.05, 0) is 18.6 Å². The highest BCUT2D eigenvalue weighted by molar-refractivity contribution is 7.13. The van der Waals surface area contributed by atoms with E-state index in [-0.39, 0.29) is 5.75 Å². The Kier molecular flexibility index (Phi) is 2.82. The van der Waals surface area contributed by atoms with E-state index in [0.29, 0.717) is 5.92 Å². The zero-order chi connectivity index (χ0) is 11.7. The summed E-state index contributed by atoms with van der Waals surface area (Å²) in [5, 5.41) is 12.7. The third kappa shape index (κ3) is 2.06. The first-order valence-corrected chi connectivity index (χ1v) is 6.54. The second-order valence-corrected chi connectivity index (χ2v) is 5.01. The van der Waals surface area contributed by atoms with Crippen molar-refractivity contribution in [3.05, 3.63) is 35.3 Å². The Balaban J connectivity index is 1.92. The molecule has 1 fully saturated rings. The number of hydrogen-bond donors (Lipinski definition) is 1. The Morgan fingerprint density at radius 2 is 2.24 bits per heavy atom. The number of aromatic hydroxyl groups is 1. The van der Waals surface area contributed by atoms with Crippen molar-refractivity contribution in [1.29, 1.82) is 0 Å². The average molecular weight is 247 g/mol. The largest absolute Gasteiger partial charge is 0.507 e. The molecule has 2 aromatic rings. The fourth-order valence-corrected chi connectivity index (χ4v) is 2.95. The maximum Gasteiger partial charge on any atom is 0.127 e. The van der Waals surface area contributed by atoms with Crippen molar-refractivity contribution in [2.75, 3.05) is 13.2 Å². The molecule has 1 aromatic carbocycles. The standard InChI is InChI=1S/C13H13NO2S/c15-12-4-2-1-3-10(12)13-14-11(8-17-13)9-5-6-16-7-9/h1-4,8-9,15H,5-7H2. The number of phenolic OH excluding ortho intramolecular Hbond substituents is 1. The Morgan fingerprint density at radius 3 is 3.00 bits per heavy atom. The molecule has 0 spiro atoms. The first-order chi connectivity index (χ1) is 8.34. The van der Waals surface area contributed by atoms with Crippen LogP contribution in [-0.2, 0) is 4.74 Å². The highest BCUT2D eigenvalue weighted by atomic mass is 32.1. The normalized spacial score (nSPS) is 19.6. The number of thiazole rings is 1. The van der Waals surface area contributed by atoms with Crippen molar-refractivity contribution in [3.8, 4) is 16.3 Å². The van der Waals surface area contributed by atoms with Gasteiger partial charge in [0.05, 0.1) is 17.9 Å². The number of benzene rings is 1. The molecular weight excluding hydrogens is 234 g/mol. The van der Waals surface area contributed by atoms with Gasteiger partial charge in [0.1, 0.15) is 10.8 Å². The molecule has 4 heteroatoms. The van der Waals surface area contributed by atoms with E-state index >= 15 is 0 Å². The highest BCUT2D eigenvalue weighted by Crippen LogP contribution is 2.34. The molecule has 0 amide bonds. The van der Waals surface area contributed by atoms with Gasteiger partial charge in [0.2, 0.25) is 0 Å². The molecule has 3 nitrogen and oxygen atoms in total. The van der Waals surface area contributed by atoms with Crippen LogP contribution in [0.5, 0.6) is 5.75 Å². The summed E-state index contributed by atoms with van der Waals surface area (Å²) in [6, 6.07) is 7.31. The summed E-state index contributed by atoms with van der Waals surface area (Å²) in [6.07, 6.45) is 1.05. The van der Waals surface area contributed by atoms with Gasteiger partial charge in [-0.15, -0.1) is 11.3 Å². The summed E-state index contributed by atoms with van der Waals surface area (Å²) in [4.78, 5) is 4.60. The van der Waals surface area contributed by atoms with E-state index < -0.39 is 0 Å². The zero-order valence-electron chi connectivity index (χ0n) is 9.30. The molecule has 17 heavy (non-hydrogen) atoms. The smallest absolute Gasteiger partial charge is 0.127 e. The molecule has 1 atom stereocenters. The molecule has 3 rings (SSSR count). The predicted molar refractivity (Wildman–Crippen MR) is 67.4 cm³/mol. The van der Waals surface area contributed by atoms with E-state index in [1.165, 1.54) is 0 Å². The number of nitrogens with zero attached hydrogens (tertiary/aromatic N) is 1. The van der Waals surface area contributed by atoms with Gasteiger partial charge in [0.15, 0.2) is 0 Å². The number of ether oxygens (including phenoxy) is 1. The predicted octanol–water partition coefficient (Wildman–Crippen LogP) is 3.02. The van der Waals surface area contributed by atoms with E-state index in [2.05, 4.69) is 10.4 Å². The van der Waals surface area contributed by atoms with E-state index in [0.717, 1.165) is 35.9 Å². The van der Waals surface area contributed by atoms with Crippen molar-refractivity contribution >= 4 is 11.3 Å². The second kappa shape index (κ2) is 4.47. The van der Waals surface area contributed by atoms with E-state index in [1.807, 2.05) is 18.2 Å². The monoisotopic (exact) mass is 247 g/mol. The molecule has 1 aliphatic rings. The molecule has 1 aromatic heterocycles. The van der Waals surface area contributed by atoms with Gasteiger partial charge >= 0.3 is 0 Å². The molecule has 1 saturated heterocycles. The fourth-order valence-electron chi connectivity index (χ4n) is 2.02. The minimum absolute atomic E-state index is 0.288. The third-order valence-electron chi connectivity index (χ3n) is 3.00. The summed E-state index contributed by atoms with van der Waals surface area (Å²) in [5.41, 5.74) is 1.90. The molecule has 0 bridgehead atoms. The Morgan fingerprint density at radius 1 is 1.35 bits per heavy atom. The molecule has 0 aliphatic carbocycles. The highest BCUT2D eigenvalue weighted by Gasteiger charge is 2.21. The van der Waals surface area contributed by atoms with Crippen LogP contribution < -0.4 is 0 Å². The maximum absolute atomic E-state index is 9.78. The molecule has 2 heterocycles. The van der Waals surface area contributed by atoms with Crippen LogP contribution >= 0.6 is 11.3 Å². The van der Waals surface area contributed by atoms with Gasteiger partial charge in [-0.2, -0.15) is 0 Å². The van der Waals surface area contributed by atoms with Crippen LogP contribution in [-0.4, -0.2) is 23.3 Å². The van der Waals surface area contributed by atoms with Crippen molar-refractivity contribution < 1.29 is 9.84 Å². The molecule has 0 saturated carbocycles. The van der Waals surface area contributed by atoms with Crippen LogP contribution in [0, 0.1) is 0 Å². The first kappa shape index (κ1) is 10.7. The van der Waals surface area contributed by atoms with Gasteiger partial charge < -0.3 is 9.84 Å². The lowest BCUT2D eigenvalue weighted by Crippen LogP contribution is -1.97. The van der Waals surface area contributed by atoms with Crippen molar-refractivity contribution in [2.45, 2.75) is 12.3 Å². The van der Waals surface area contributed by atoms with Crippen LogP contribution in [0.15, 0.2) is 29.6 Å². The number of phenols is 1. The van der Waals surface area contributed by atoms with Crippen molar-refractivity contribution in [2.24, 2.45) is 0 Å². The van der Waals surface area contributed by atoms with Crippen molar-refractivity contribution in [3.63, 3.8) is 0 Å². The zero-order valence-corrected chi connectivity index (χ0v) is 10.1. The Labute approximate surface area is 104 Å². The van der Waals surface area contributed by atoms with E-state index in [4.69, 9.17) is 4.74 Å². The topological polar surface area (TPSA) is 42.4 Å². The van der Waals surface area contributed by atoms with Crippen LogP contribution in [0.2, 0.25) is 0 Å². The lowest BCUT2D eigenvalue weighted by molar-refractivity contribution is 0.193. The lowest BCUT2D eigenvalue weighted by atomic mass is 10.1. The van der Waals surface area contributed by atoms with E-state index in [1.54, 1.807) is 17.4 Å². The molecule has 0 radical (unpaired) electrons. The van der Waals surface area contributed by atoms with Gasteiger partial charge in [-0.3, -0.25) is 0 Å². The van der Waals surface area contributed by atoms with Gasteiger partial charge in [0.25, 0.3) is 0 Å². The summed E-state index contributed by atoms with van der Waals surface area (Å²) in [7, 11) is 0. The molecule has 1 N–H and O–H groups in total. The number of hydrogen-bond acceptors (Lipinski definition) is 4. The quantitative estimate of drug-likeness (QED) is 0.887. The Bertz CT molecular complexity index is 518. The number of rotatable bonds is 2. The van der Waals surface area contributed by atoms with Gasteiger partial charge in [-0.25, -0.2) is 4.98 Å². The number of aromatic nitrogens is 1. The SMILES string of the molecule is Oc1ccccc1-c1nc(C2CCOC2)cs1. The van der Waals surface area contributed by atoms with Gasteiger partial charge in [0, 0.05) is 17.9 Å². The van der Waals surface area contributed by atoms with Crippen molar-refractivity contribution in [1.82, 2.24) is 4.98 Å². The van der Waals surface area contributed by atoms with Gasteiger partial charge in [-0.1, -0.05) is 12.1 Å². The first-order valence-electron chi connectivity index (χ1n) is 5.66. The van der Waals surface area contributed by atoms with Crippen LogP contribution in [0.1, 0.15) is 18.0 Å². The van der Waals surface area contributed by atoms with Crippen LogP contribution in [0.25, 0.3) is 10.6 Å².